The number of carboxylic acid groups (broad SMARTS) is 1. The lowest BCUT2D eigenvalue weighted by Gasteiger charge is -2.46. The molecule has 0 saturated carbocycles. The number of likely N-dealkylation sites (N-methyl/N-ethyl adjacent to an activating group) is 1. The highest BCUT2D eigenvalue weighted by Crippen LogP contribution is 2.31. The summed E-state index contributed by atoms with van der Waals surface area (Å²) in [6, 6.07) is 0.243. The molecule has 2 aliphatic heterocycles. The minimum Gasteiger partial charge on any atom is -0.465 e. The zero-order chi connectivity index (χ0) is 22.3. The largest absolute Gasteiger partial charge is 0.465 e. The van der Waals surface area contributed by atoms with E-state index in [1.807, 2.05) is 14.0 Å². The van der Waals surface area contributed by atoms with Crippen molar-refractivity contribution in [3.8, 4) is 6.01 Å². The first-order valence-corrected chi connectivity index (χ1v) is 10.2. The molecule has 0 aromatic carbocycles. The Kier molecular flexibility index (Phi) is 5.96. The zero-order valence-electron chi connectivity index (χ0n) is 18.4. The summed E-state index contributed by atoms with van der Waals surface area (Å²) in [5, 5.41) is 20.4. The van der Waals surface area contributed by atoms with Crippen LogP contribution in [0.25, 0.3) is 0 Å². The SMILES string of the molecule is CN(CCN1CCN(C(=O)O)C(C(C)(C)C)C1)CC1(C)Cn2cc([N+](=O)[O-])nc2O1. The topological polar surface area (TPSA) is 117 Å². The standard InChI is InChI=1S/C19H32N6O5/c1-18(2,3)14-10-22(8-9-24(14)17(26)27)7-6-21(5)12-19(4)13-23-11-15(25(28)29)20-16(23)30-19/h11,14H,6-10,12-13H2,1-5H3,(H,26,27). The third kappa shape index (κ3) is 4.84. The van der Waals surface area contributed by atoms with Crippen molar-refractivity contribution in [1.29, 1.82) is 0 Å². The molecule has 168 valence electrons. The third-order valence-corrected chi connectivity index (χ3v) is 5.87. The number of carbonyl (C=O) groups is 1. The van der Waals surface area contributed by atoms with Crippen molar-refractivity contribution in [3.63, 3.8) is 0 Å². The summed E-state index contributed by atoms with van der Waals surface area (Å²) < 4.78 is 7.60. The monoisotopic (exact) mass is 424 g/mol. The summed E-state index contributed by atoms with van der Waals surface area (Å²) in [4.78, 5) is 31.9. The van der Waals surface area contributed by atoms with Gasteiger partial charge in [-0.2, -0.15) is 0 Å². The first kappa shape index (κ1) is 22.3. The summed E-state index contributed by atoms with van der Waals surface area (Å²) in [7, 11) is 2.02. The Morgan fingerprint density at radius 1 is 1.47 bits per heavy atom. The van der Waals surface area contributed by atoms with Crippen molar-refractivity contribution >= 4 is 11.9 Å². The lowest BCUT2D eigenvalue weighted by Crippen LogP contribution is -2.60. The molecular formula is C19H32N6O5. The lowest BCUT2D eigenvalue weighted by molar-refractivity contribution is -0.389. The van der Waals surface area contributed by atoms with E-state index in [2.05, 4.69) is 35.6 Å². The van der Waals surface area contributed by atoms with E-state index >= 15 is 0 Å². The van der Waals surface area contributed by atoms with Crippen LogP contribution in [0.4, 0.5) is 10.6 Å². The average Bonchev–Trinajstić information content (AvgIpc) is 3.13. The van der Waals surface area contributed by atoms with Crippen LogP contribution in [0.15, 0.2) is 6.20 Å². The molecule has 3 rings (SSSR count). The molecule has 2 atom stereocenters. The normalized spacial score (nSPS) is 24.7. The fraction of sp³-hybridized carbons (Fsp3) is 0.789. The Balaban J connectivity index is 1.51. The predicted octanol–water partition coefficient (Wildman–Crippen LogP) is 1.58. The van der Waals surface area contributed by atoms with Crippen LogP contribution < -0.4 is 4.74 Å². The Bertz CT molecular complexity index is 780. The van der Waals surface area contributed by atoms with Crippen LogP contribution in [-0.2, 0) is 6.54 Å². The van der Waals surface area contributed by atoms with Crippen LogP contribution in [0.2, 0.25) is 0 Å². The van der Waals surface area contributed by atoms with Crippen molar-refractivity contribution in [2.75, 3.05) is 46.3 Å². The molecule has 2 unspecified atom stereocenters. The number of ether oxygens (including phenoxy) is 1. The van der Waals surface area contributed by atoms with Gasteiger partial charge < -0.3 is 29.8 Å². The highest BCUT2D eigenvalue weighted by atomic mass is 16.6. The molecule has 1 aromatic heterocycles. The molecule has 11 nitrogen and oxygen atoms in total. The molecular weight excluding hydrogens is 392 g/mol. The van der Waals surface area contributed by atoms with Crippen molar-refractivity contribution in [3.05, 3.63) is 16.3 Å². The quantitative estimate of drug-likeness (QED) is 0.540. The van der Waals surface area contributed by atoms with Crippen LogP contribution in [-0.4, -0.2) is 98.3 Å². The van der Waals surface area contributed by atoms with Gasteiger partial charge in [0.15, 0.2) is 0 Å². The van der Waals surface area contributed by atoms with Gasteiger partial charge in [0.2, 0.25) is 0 Å². The van der Waals surface area contributed by atoms with Gasteiger partial charge >= 0.3 is 17.9 Å². The number of fused-ring (bicyclic) bond motifs is 1. The fourth-order valence-electron chi connectivity index (χ4n) is 4.34. The Morgan fingerprint density at radius 3 is 2.73 bits per heavy atom. The van der Waals surface area contributed by atoms with E-state index in [0.29, 0.717) is 19.6 Å². The molecule has 2 aliphatic rings. The molecule has 1 saturated heterocycles. The highest BCUT2D eigenvalue weighted by Gasteiger charge is 2.41. The van der Waals surface area contributed by atoms with E-state index in [-0.39, 0.29) is 23.3 Å². The van der Waals surface area contributed by atoms with Gasteiger partial charge in [-0.25, -0.2) is 4.79 Å². The van der Waals surface area contributed by atoms with E-state index < -0.39 is 16.6 Å². The van der Waals surface area contributed by atoms with Gasteiger partial charge in [0.1, 0.15) is 11.8 Å². The molecule has 3 heterocycles. The van der Waals surface area contributed by atoms with Gasteiger partial charge in [0, 0.05) is 44.3 Å². The number of hydrogen-bond acceptors (Lipinski definition) is 7. The molecule has 1 amide bonds. The van der Waals surface area contributed by atoms with Gasteiger partial charge in [-0.15, -0.1) is 0 Å². The average molecular weight is 425 g/mol. The maximum atomic E-state index is 11.6. The molecule has 0 aliphatic carbocycles. The van der Waals surface area contributed by atoms with Crippen LogP contribution in [0, 0.1) is 15.5 Å². The molecule has 0 spiro atoms. The first-order chi connectivity index (χ1) is 13.9. The second-order valence-electron chi connectivity index (χ2n) is 9.71. The molecule has 1 N–H and O–H groups in total. The molecule has 11 heteroatoms. The minimum absolute atomic E-state index is 0.0440. The van der Waals surface area contributed by atoms with Crippen LogP contribution in [0.5, 0.6) is 6.01 Å². The number of piperazine rings is 1. The predicted molar refractivity (Wildman–Crippen MR) is 110 cm³/mol. The molecule has 1 aromatic rings. The third-order valence-electron chi connectivity index (χ3n) is 5.87. The van der Waals surface area contributed by atoms with Crippen molar-refractivity contribution in [1.82, 2.24) is 24.3 Å². The maximum Gasteiger partial charge on any atom is 0.415 e. The van der Waals surface area contributed by atoms with E-state index in [0.717, 1.165) is 26.2 Å². The number of hydrogen-bond donors (Lipinski definition) is 1. The summed E-state index contributed by atoms with van der Waals surface area (Å²) in [6.45, 7) is 13.0. The van der Waals surface area contributed by atoms with Crippen molar-refractivity contribution in [2.45, 2.75) is 45.9 Å². The second-order valence-corrected chi connectivity index (χ2v) is 9.71. The van der Waals surface area contributed by atoms with Gasteiger partial charge in [0.25, 0.3) is 0 Å². The number of amides is 1. The number of rotatable bonds is 6. The number of nitro groups is 1. The summed E-state index contributed by atoms with van der Waals surface area (Å²) in [6.07, 6.45) is 0.561. The van der Waals surface area contributed by atoms with Gasteiger partial charge in [-0.1, -0.05) is 20.8 Å². The smallest absolute Gasteiger partial charge is 0.415 e. The summed E-state index contributed by atoms with van der Waals surface area (Å²) >= 11 is 0. The zero-order valence-corrected chi connectivity index (χ0v) is 18.4. The fourth-order valence-corrected chi connectivity index (χ4v) is 4.34. The lowest BCUT2D eigenvalue weighted by atomic mass is 9.84. The van der Waals surface area contributed by atoms with E-state index in [4.69, 9.17) is 4.74 Å². The minimum atomic E-state index is -0.851. The van der Waals surface area contributed by atoms with Crippen LogP contribution in [0.3, 0.4) is 0 Å². The number of imidazole rings is 1. The molecule has 1 fully saturated rings. The van der Waals surface area contributed by atoms with Crippen molar-refractivity contribution < 1.29 is 19.6 Å². The molecule has 0 bridgehead atoms. The number of aromatic nitrogens is 2. The van der Waals surface area contributed by atoms with Gasteiger partial charge in [0.05, 0.1) is 12.6 Å². The van der Waals surface area contributed by atoms with Gasteiger partial charge in [-0.3, -0.25) is 9.47 Å². The van der Waals surface area contributed by atoms with Crippen LogP contribution >= 0.6 is 0 Å². The van der Waals surface area contributed by atoms with E-state index in [1.165, 1.54) is 6.20 Å². The maximum absolute atomic E-state index is 11.6. The summed E-state index contributed by atoms with van der Waals surface area (Å²) in [5.41, 5.74) is -0.626. The second kappa shape index (κ2) is 8.03. The van der Waals surface area contributed by atoms with E-state index in [9.17, 15) is 20.0 Å². The van der Waals surface area contributed by atoms with Crippen molar-refractivity contribution in [2.24, 2.45) is 5.41 Å². The highest BCUT2D eigenvalue weighted by molar-refractivity contribution is 5.65. The first-order valence-electron chi connectivity index (χ1n) is 10.2. The number of nitrogens with zero attached hydrogens (tertiary/aromatic N) is 6. The Morgan fingerprint density at radius 2 is 2.17 bits per heavy atom. The molecule has 0 radical (unpaired) electrons. The Hall–Kier alpha value is -2.40. The van der Waals surface area contributed by atoms with Crippen LogP contribution in [0.1, 0.15) is 27.7 Å². The Labute approximate surface area is 176 Å². The van der Waals surface area contributed by atoms with Gasteiger partial charge in [-0.05, 0) is 24.3 Å². The van der Waals surface area contributed by atoms with E-state index in [1.54, 1.807) is 9.47 Å². The molecule has 30 heavy (non-hydrogen) atoms. The summed E-state index contributed by atoms with van der Waals surface area (Å²) in [5.74, 6) is -0.200.